The van der Waals surface area contributed by atoms with Gasteiger partial charge in [0.1, 0.15) is 0 Å². The topological polar surface area (TPSA) is 76.1 Å². The molecule has 7 nitrogen and oxygen atoms in total. The van der Waals surface area contributed by atoms with Crippen LogP contribution in [0.3, 0.4) is 0 Å². The highest BCUT2D eigenvalue weighted by Crippen LogP contribution is 2.35. The number of carbonyl (C=O) groups excluding carboxylic acids is 2. The Morgan fingerprint density at radius 3 is 2.07 bits per heavy atom. The molecule has 0 spiro atoms. The van der Waals surface area contributed by atoms with Crippen LogP contribution in [0.1, 0.15) is 70.6 Å². The lowest BCUT2D eigenvalue weighted by molar-refractivity contribution is 0.0522. The van der Waals surface area contributed by atoms with Gasteiger partial charge in [-0.3, -0.25) is 0 Å². The van der Waals surface area contributed by atoms with Gasteiger partial charge in [-0.25, -0.2) is 9.59 Å². The minimum absolute atomic E-state index is 0.00459. The average molecular weight is 393 g/mol. The first-order chi connectivity index (χ1) is 13.6. The summed E-state index contributed by atoms with van der Waals surface area (Å²) in [7, 11) is 0. The van der Waals surface area contributed by atoms with Gasteiger partial charge in [0.25, 0.3) is 0 Å². The van der Waals surface area contributed by atoms with Crippen LogP contribution in [0.4, 0.5) is 9.59 Å². The van der Waals surface area contributed by atoms with Crippen molar-refractivity contribution in [3.8, 4) is 0 Å². The number of urea groups is 2. The number of aliphatic hydroxyl groups is 1. The number of fused-ring (bicyclic) bond motifs is 2. The molecule has 28 heavy (non-hydrogen) atoms. The quantitative estimate of drug-likeness (QED) is 0.720. The third-order valence-corrected chi connectivity index (χ3v) is 7.09. The van der Waals surface area contributed by atoms with E-state index >= 15 is 0 Å². The first kappa shape index (κ1) is 19.8. The Bertz CT molecular complexity index is 550. The number of amides is 4. The van der Waals surface area contributed by atoms with E-state index in [1.165, 1.54) is 19.3 Å². The van der Waals surface area contributed by atoms with Crippen LogP contribution in [-0.2, 0) is 0 Å². The summed E-state index contributed by atoms with van der Waals surface area (Å²) < 4.78 is 0. The molecule has 4 aliphatic heterocycles. The van der Waals surface area contributed by atoms with Crippen molar-refractivity contribution < 1.29 is 14.7 Å². The van der Waals surface area contributed by atoms with E-state index in [4.69, 9.17) is 0 Å². The molecule has 0 aromatic carbocycles. The van der Waals surface area contributed by atoms with Gasteiger partial charge in [-0.2, -0.15) is 0 Å². The summed E-state index contributed by atoms with van der Waals surface area (Å²) in [5, 5.41) is 13.2. The van der Waals surface area contributed by atoms with Crippen LogP contribution in [-0.4, -0.2) is 82.3 Å². The SMILES string of the molecule is O=C(N1CCCCCCC1)N1CCC[C@H](NC(=O)N2[C@@H]3CC[C@H]2C[C@@H](O)C3)C1. The fraction of sp³-hybridized carbons (Fsp3) is 0.905. The molecule has 7 heteroatoms. The van der Waals surface area contributed by atoms with Crippen LogP contribution < -0.4 is 5.32 Å². The van der Waals surface area contributed by atoms with Crippen molar-refractivity contribution in [2.45, 2.75) is 94.9 Å². The first-order valence-electron chi connectivity index (χ1n) is 11.4. The summed E-state index contributed by atoms with van der Waals surface area (Å²) in [6, 6.07) is 0.547. The maximum Gasteiger partial charge on any atom is 0.320 e. The molecule has 0 aliphatic carbocycles. The highest BCUT2D eigenvalue weighted by atomic mass is 16.3. The summed E-state index contributed by atoms with van der Waals surface area (Å²) in [5.41, 5.74) is 0. The zero-order valence-electron chi connectivity index (χ0n) is 17.0. The van der Waals surface area contributed by atoms with E-state index < -0.39 is 0 Å². The molecule has 4 fully saturated rings. The number of nitrogens with zero attached hydrogens (tertiary/aromatic N) is 3. The van der Waals surface area contributed by atoms with E-state index in [1.807, 2.05) is 14.7 Å². The standard InChI is InChI=1S/C21H36N4O3/c26-19-13-17-8-9-18(14-19)25(17)20(27)22-16-7-6-12-24(15-16)21(28)23-10-4-2-1-3-5-11-23/h16-19,26H,1-15H2,(H,22,27)/t16-,17-,18+,19+/m0/s1. The number of hydrogen-bond acceptors (Lipinski definition) is 3. The van der Waals surface area contributed by atoms with E-state index in [1.54, 1.807) is 0 Å². The highest BCUT2D eigenvalue weighted by Gasteiger charge is 2.43. The van der Waals surface area contributed by atoms with Crippen LogP contribution in [0.15, 0.2) is 0 Å². The maximum atomic E-state index is 13.0. The molecule has 4 heterocycles. The largest absolute Gasteiger partial charge is 0.393 e. The van der Waals surface area contributed by atoms with Gasteiger partial charge in [0, 0.05) is 44.3 Å². The van der Waals surface area contributed by atoms with Crippen molar-refractivity contribution in [2.24, 2.45) is 0 Å². The second-order valence-electron chi connectivity index (χ2n) is 9.19. The Kier molecular flexibility index (Phi) is 6.28. The molecule has 4 aliphatic rings. The summed E-state index contributed by atoms with van der Waals surface area (Å²) in [5.74, 6) is 0. The van der Waals surface area contributed by atoms with Gasteiger partial charge in [-0.1, -0.05) is 19.3 Å². The zero-order chi connectivity index (χ0) is 19.5. The second kappa shape index (κ2) is 8.89. The molecule has 4 amide bonds. The van der Waals surface area contributed by atoms with Crippen molar-refractivity contribution in [2.75, 3.05) is 26.2 Å². The molecule has 158 valence electrons. The van der Waals surface area contributed by atoms with Crippen LogP contribution in [0.2, 0.25) is 0 Å². The smallest absolute Gasteiger partial charge is 0.320 e. The third kappa shape index (κ3) is 4.39. The van der Waals surface area contributed by atoms with Crippen molar-refractivity contribution in [1.82, 2.24) is 20.0 Å². The van der Waals surface area contributed by atoms with Gasteiger partial charge in [-0.15, -0.1) is 0 Å². The molecule has 0 saturated carbocycles. The maximum absolute atomic E-state index is 13.0. The Hall–Kier alpha value is -1.50. The average Bonchev–Trinajstić information content (AvgIpc) is 2.93. The van der Waals surface area contributed by atoms with Crippen molar-refractivity contribution in [3.05, 3.63) is 0 Å². The second-order valence-corrected chi connectivity index (χ2v) is 9.19. The number of rotatable bonds is 1. The van der Waals surface area contributed by atoms with Gasteiger partial charge in [-0.05, 0) is 51.4 Å². The molecule has 4 atom stereocenters. The lowest BCUT2D eigenvalue weighted by Gasteiger charge is -2.40. The van der Waals surface area contributed by atoms with E-state index in [0.717, 1.165) is 58.2 Å². The van der Waals surface area contributed by atoms with Crippen molar-refractivity contribution >= 4 is 12.1 Å². The monoisotopic (exact) mass is 392 g/mol. The van der Waals surface area contributed by atoms with Crippen LogP contribution in [0.25, 0.3) is 0 Å². The number of nitrogens with one attached hydrogen (secondary N) is 1. The third-order valence-electron chi connectivity index (χ3n) is 7.09. The molecular formula is C21H36N4O3. The van der Waals surface area contributed by atoms with Crippen LogP contribution in [0.5, 0.6) is 0 Å². The number of carbonyl (C=O) groups is 2. The predicted octanol–water partition coefficient (Wildman–Crippen LogP) is 2.53. The van der Waals surface area contributed by atoms with E-state index in [9.17, 15) is 14.7 Å². The van der Waals surface area contributed by atoms with Gasteiger partial charge < -0.3 is 25.1 Å². The molecule has 4 rings (SSSR count). The highest BCUT2D eigenvalue weighted by molar-refractivity contribution is 5.77. The summed E-state index contributed by atoms with van der Waals surface area (Å²) in [6.45, 7) is 3.15. The molecule has 2 N–H and O–H groups in total. The van der Waals surface area contributed by atoms with E-state index in [-0.39, 0.29) is 36.3 Å². The molecule has 0 aromatic heterocycles. The molecule has 2 bridgehead atoms. The van der Waals surface area contributed by atoms with Gasteiger partial charge >= 0.3 is 12.1 Å². The Morgan fingerprint density at radius 1 is 0.786 bits per heavy atom. The lowest BCUT2D eigenvalue weighted by atomic mass is 10.00. The predicted molar refractivity (Wildman–Crippen MR) is 107 cm³/mol. The number of likely N-dealkylation sites (tertiary alicyclic amines) is 2. The first-order valence-corrected chi connectivity index (χ1v) is 11.4. The fourth-order valence-electron chi connectivity index (χ4n) is 5.64. The fourth-order valence-corrected chi connectivity index (χ4v) is 5.64. The summed E-state index contributed by atoms with van der Waals surface area (Å²) >= 11 is 0. The molecule has 0 radical (unpaired) electrons. The van der Waals surface area contributed by atoms with Crippen LogP contribution >= 0.6 is 0 Å². The molecular weight excluding hydrogens is 356 g/mol. The van der Waals surface area contributed by atoms with E-state index in [0.29, 0.717) is 19.4 Å². The minimum atomic E-state index is -0.262. The summed E-state index contributed by atoms with van der Waals surface area (Å²) in [4.78, 5) is 31.9. The summed E-state index contributed by atoms with van der Waals surface area (Å²) in [6.07, 6.45) is 10.9. The number of aliphatic hydroxyl groups excluding tert-OH is 1. The van der Waals surface area contributed by atoms with Crippen molar-refractivity contribution in [1.29, 1.82) is 0 Å². The van der Waals surface area contributed by atoms with Crippen molar-refractivity contribution in [3.63, 3.8) is 0 Å². The van der Waals surface area contributed by atoms with E-state index in [2.05, 4.69) is 5.32 Å². The van der Waals surface area contributed by atoms with Gasteiger partial charge in [0.2, 0.25) is 0 Å². The molecule has 4 saturated heterocycles. The lowest BCUT2D eigenvalue weighted by Crippen LogP contribution is -2.58. The Balaban J connectivity index is 1.31. The molecule has 0 aromatic rings. The number of piperidine rings is 2. The normalized spacial score (nSPS) is 34.0. The number of hydrogen-bond donors (Lipinski definition) is 2. The Morgan fingerprint density at radius 2 is 1.39 bits per heavy atom. The van der Waals surface area contributed by atoms with Crippen LogP contribution in [0, 0.1) is 0 Å². The molecule has 0 unspecified atom stereocenters. The Labute approximate surface area is 168 Å². The zero-order valence-corrected chi connectivity index (χ0v) is 17.0. The van der Waals surface area contributed by atoms with Gasteiger partial charge in [0.05, 0.1) is 6.10 Å². The minimum Gasteiger partial charge on any atom is -0.393 e. The van der Waals surface area contributed by atoms with Gasteiger partial charge in [0.15, 0.2) is 0 Å².